The van der Waals surface area contributed by atoms with Crippen molar-refractivity contribution in [1.29, 1.82) is 0 Å². The summed E-state index contributed by atoms with van der Waals surface area (Å²) >= 11 is 0. The van der Waals surface area contributed by atoms with E-state index in [0.29, 0.717) is 5.41 Å². The van der Waals surface area contributed by atoms with E-state index >= 15 is 0 Å². The van der Waals surface area contributed by atoms with Gasteiger partial charge in [-0.25, -0.2) is 0 Å². The average Bonchev–Trinajstić information content (AvgIpc) is 2.88. The monoisotopic (exact) mass is 207 g/mol. The minimum Gasteiger partial charge on any atom is -0.472 e. The third kappa shape index (κ3) is 2.63. The van der Waals surface area contributed by atoms with Crippen molar-refractivity contribution < 1.29 is 4.42 Å². The third-order valence-corrected chi connectivity index (χ3v) is 3.57. The molecular formula is C13H21NO. The van der Waals surface area contributed by atoms with Gasteiger partial charge in [0, 0.05) is 6.54 Å². The molecule has 1 aliphatic carbocycles. The second-order valence-electron chi connectivity index (χ2n) is 4.80. The van der Waals surface area contributed by atoms with Crippen molar-refractivity contribution in [2.75, 3.05) is 13.1 Å². The zero-order valence-electron chi connectivity index (χ0n) is 9.59. The Morgan fingerprint density at radius 3 is 2.80 bits per heavy atom. The van der Waals surface area contributed by atoms with E-state index in [1.807, 2.05) is 6.26 Å². The Bertz CT molecular complexity index is 273. The molecule has 84 valence electrons. The van der Waals surface area contributed by atoms with Gasteiger partial charge in [0.1, 0.15) is 0 Å². The molecule has 2 nitrogen and oxygen atoms in total. The molecule has 0 amide bonds. The molecule has 0 spiro atoms. The highest BCUT2D eigenvalue weighted by molar-refractivity contribution is 5.10. The summed E-state index contributed by atoms with van der Waals surface area (Å²) in [7, 11) is 0. The summed E-state index contributed by atoms with van der Waals surface area (Å²) < 4.78 is 5.15. The van der Waals surface area contributed by atoms with E-state index in [9.17, 15) is 0 Å². The summed E-state index contributed by atoms with van der Waals surface area (Å²) in [6.07, 6.45) is 10.4. The van der Waals surface area contributed by atoms with Crippen LogP contribution in [0.3, 0.4) is 0 Å². The molecule has 0 radical (unpaired) electrons. The molecule has 0 aromatic carbocycles. The molecule has 1 aliphatic rings. The Labute approximate surface area is 92.1 Å². The molecule has 1 aromatic heterocycles. The predicted octanol–water partition coefficient (Wildman–Crippen LogP) is 2.99. The second-order valence-corrected chi connectivity index (χ2v) is 4.80. The van der Waals surface area contributed by atoms with Crippen LogP contribution in [-0.4, -0.2) is 13.1 Å². The minimum absolute atomic E-state index is 0.500. The van der Waals surface area contributed by atoms with Crippen molar-refractivity contribution in [3.8, 4) is 0 Å². The molecule has 15 heavy (non-hydrogen) atoms. The van der Waals surface area contributed by atoms with Gasteiger partial charge < -0.3 is 9.73 Å². The van der Waals surface area contributed by atoms with Crippen molar-refractivity contribution in [2.24, 2.45) is 5.41 Å². The van der Waals surface area contributed by atoms with Gasteiger partial charge in [0.05, 0.1) is 12.5 Å². The van der Waals surface area contributed by atoms with Gasteiger partial charge in [0.25, 0.3) is 0 Å². The minimum atomic E-state index is 0.500. The highest BCUT2D eigenvalue weighted by Gasteiger charge is 2.33. The van der Waals surface area contributed by atoms with Crippen LogP contribution in [0.1, 0.15) is 38.2 Å². The smallest absolute Gasteiger partial charge is 0.0934 e. The molecule has 2 rings (SSSR count). The lowest BCUT2D eigenvalue weighted by molar-refractivity contribution is 0.279. The zero-order valence-corrected chi connectivity index (χ0v) is 9.59. The van der Waals surface area contributed by atoms with Crippen LogP contribution in [0.5, 0.6) is 0 Å². The quantitative estimate of drug-likeness (QED) is 0.803. The van der Waals surface area contributed by atoms with Crippen LogP contribution in [0.2, 0.25) is 0 Å². The van der Waals surface area contributed by atoms with Crippen molar-refractivity contribution in [3.05, 3.63) is 24.2 Å². The fraction of sp³-hybridized carbons (Fsp3) is 0.692. The largest absolute Gasteiger partial charge is 0.472 e. The van der Waals surface area contributed by atoms with Crippen molar-refractivity contribution >= 4 is 0 Å². The number of hydrogen-bond acceptors (Lipinski definition) is 2. The second kappa shape index (κ2) is 4.84. The van der Waals surface area contributed by atoms with Crippen LogP contribution in [0, 0.1) is 5.41 Å². The Morgan fingerprint density at radius 1 is 1.40 bits per heavy atom. The molecule has 0 atom stereocenters. The lowest BCUT2D eigenvalue weighted by atomic mass is 9.80. The summed E-state index contributed by atoms with van der Waals surface area (Å²) in [5.74, 6) is 0. The maximum Gasteiger partial charge on any atom is 0.0934 e. The van der Waals surface area contributed by atoms with E-state index in [1.54, 1.807) is 6.26 Å². The molecule has 1 aromatic rings. The van der Waals surface area contributed by atoms with Crippen molar-refractivity contribution in [1.82, 2.24) is 5.32 Å². The summed E-state index contributed by atoms with van der Waals surface area (Å²) in [5.41, 5.74) is 1.86. The molecule has 0 saturated heterocycles. The summed E-state index contributed by atoms with van der Waals surface area (Å²) in [4.78, 5) is 0. The SMILES string of the molecule is CCNCC1(Cc2ccoc2)CCCC1. The average molecular weight is 207 g/mol. The molecular weight excluding hydrogens is 186 g/mol. The van der Waals surface area contributed by atoms with Crippen LogP contribution in [0.4, 0.5) is 0 Å². The first-order valence-electron chi connectivity index (χ1n) is 6.06. The zero-order chi connectivity index (χ0) is 10.6. The van der Waals surface area contributed by atoms with E-state index < -0.39 is 0 Å². The Morgan fingerprint density at radius 2 is 2.20 bits per heavy atom. The Kier molecular flexibility index (Phi) is 3.47. The number of furan rings is 1. The number of rotatable bonds is 5. The third-order valence-electron chi connectivity index (χ3n) is 3.57. The fourth-order valence-electron chi connectivity index (χ4n) is 2.76. The molecule has 1 fully saturated rings. The van der Waals surface area contributed by atoms with Crippen LogP contribution >= 0.6 is 0 Å². The first-order valence-corrected chi connectivity index (χ1v) is 6.06. The van der Waals surface area contributed by atoms with Gasteiger partial charge in [-0.2, -0.15) is 0 Å². The van der Waals surface area contributed by atoms with Crippen molar-refractivity contribution in [2.45, 2.75) is 39.0 Å². The van der Waals surface area contributed by atoms with Crippen LogP contribution in [0.15, 0.2) is 23.0 Å². The van der Waals surface area contributed by atoms with Gasteiger partial charge >= 0.3 is 0 Å². The molecule has 1 N–H and O–H groups in total. The van der Waals surface area contributed by atoms with Gasteiger partial charge in [0.2, 0.25) is 0 Å². The van der Waals surface area contributed by atoms with E-state index in [2.05, 4.69) is 18.3 Å². The normalized spacial score (nSPS) is 19.5. The standard InChI is InChI=1S/C13H21NO/c1-2-14-11-13(6-3-4-7-13)9-12-5-8-15-10-12/h5,8,10,14H,2-4,6-7,9,11H2,1H3. The van der Waals surface area contributed by atoms with E-state index in [-0.39, 0.29) is 0 Å². The summed E-state index contributed by atoms with van der Waals surface area (Å²) in [6, 6.07) is 2.10. The summed E-state index contributed by atoms with van der Waals surface area (Å²) in [5, 5.41) is 3.51. The molecule has 1 heterocycles. The van der Waals surface area contributed by atoms with E-state index in [1.165, 1.54) is 37.7 Å². The van der Waals surface area contributed by atoms with Crippen molar-refractivity contribution in [3.63, 3.8) is 0 Å². The Hall–Kier alpha value is -0.760. The molecule has 1 saturated carbocycles. The molecule has 0 aliphatic heterocycles. The molecule has 0 unspecified atom stereocenters. The van der Waals surface area contributed by atoms with Gasteiger partial charge in [-0.05, 0) is 42.9 Å². The highest BCUT2D eigenvalue weighted by atomic mass is 16.3. The van der Waals surface area contributed by atoms with Crippen LogP contribution < -0.4 is 5.32 Å². The first-order chi connectivity index (χ1) is 7.35. The highest BCUT2D eigenvalue weighted by Crippen LogP contribution is 2.40. The van der Waals surface area contributed by atoms with E-state index in [4.69, 9.17) is 4.42 Å². The molecule has 0 bridgehead atoms. The summed E-state index contributed by atoms with van der Waals surface area (Å²) in [6.45, 7) is 4.42. The lowest BCUT2D eigenvalue weighted by Gasteiger charge is -2.28. The van der Waals surface area contributed by atoms with Crippen LogP contribution in [0.25, 0.3) is 0 Å². The number of hydrogen-bond donors (Lipinski definition) is 1. The Balaban J connectivity index is 1.99. The lowest BCUT2D eigenvalue weighted by Crippen LogP contribution is -2.33. The van der Waals surface area contributed by atoms with Gasteiger partial charge in [-0.3, -0.25) is 0 Å². The first kappa shape index (κ1) is 10.7. The fourth-order valence-corrected chi connectivity index (χ4v) is 2.76. The predicted molar refractivity (Wildman–Crippen MR) is 61.9 cm³/mol. The van der Waals surface area contributed by atoms with Gasteiger partial charge in [-0.15, -0.1) is 0 Å². The maximum atomic E-state index is 5.15. The van der Waals surface area contributed by atoms with Crippen LogP contribution in [-0.2, 0) is 6.42 Å². The maximum absolute atomic E-state index is 5.15. The number of nitrogens with one attached hydrogen (secondary N) is 1. The van der Waals surface area contributed by atoms with Gasteiger partial charge in [-0.1, -0.05) is 19.8 Å². The van der Waals surface area contributed by atoms with E-state index in [0.717, 1.165) is 13.1 Å². The van der Waals surface area contributed by atoms with Gasteiger partial charge in [0.15, 0.2) is 0 Å². The topological polar surface area (TPSA) is 25.2 Å². The molecule has 2 heteroatoms.